The van der Waals surface area contributed by atoms with E-state index in [9.17, 15) is 0 Å². The van der Waals surface area contributed by atoms with E-state index in [1.807, 2.05) is 29.6 Å². The molecule has 2 N–H and O–H groups in total. The molecule has 2 aromatic heterocycles. The Labute approximate surface area is 121 Å². The van der Waals surface area contributed by atoms with Crippen LogP contribution in [0, 0.1) is 0 Å². The summed E-state index contributed by atoms with van der Waals surface area (Å²) in [5.74, 6) is 0.957. The average molecular weight is 337 g/mol. The molecular weight excluding hydrogens is 328 g/mol. The summed E-state index contributed by atoms with van der Waals surface area (Å²) in [5, 5.41) is 6.67. The first-order valence-electron chi connectivity index (χ1n) is 5.51. The molecule has 0 amide bonds. The van der Waals surface area contributed by atoms with Crippen LogP contribution in [0.25, 0.3) is 23.0 Å². The smallest absolute Gasteiger partial charge is 0.277 e. The molecule has 0 aliphatic carbocycles. The van der Waals surface area contributed by atoms with Gasteiger partial charge in [-0.1, -0.05) is 21.1 Å². The molecule has 3 aromatic rings. The van der Waals surface area contributed by atoms with Gasteiger partial charge in [0.05, 0.1) is 0 Å². The molecule has 0 atom stereocenters. The SMILES string of the molecule is NCc1nc(-c2nc(-c3ccc(Br)cc3)no2)cs1. The Hall–Kier alpha value is -1.57. The Morgan fingerprint density at radius 3 is 2.68 bits per heavy atom. The zero-order valence-electron chi connectivity index (χ0n) is 9.71. The van der Waals surface area contributed by atoms with Crippen molar-refractivity contribution in [3.8, 4) is 23.0 Å². The predicted molar refractivity (Wildman–Crippen MR) is 76.4 cm³/mol. The summed E-state index contributed by atoms with van der Waals surface area (Å²) in [6, 6.07) is 7.71. The molecule has 7 heteroatoms. The van der Waals surface area contributed by atoms with Crippen LogP contribution in [-0.2, 0) is 6.54 Å². The van der Waals surface area contributed by atoms with E-state index in [2.05, 4.69) is 31.1 Å². The van der Waals surface area contributed by atoms with Gasteiger partial charge in [-0.3, -0.25) is 0 Å². The van der Waals surface area contributed by atoms with Gasteiger partial charge in [0.25, 0.3) is 5.89 Å². The summed E-state index contributed by atoms with van der Waals surface area (Å²) in [4.78, 5) is 8.65. The third kappa shape index (κ3) is 2.58. The number of halogens is 1. The van der Waals surface area contributed by atoms with Crippen LogP contribution >= 0.6 is 27.3 Å². The second kappa shape index (κ2) is 5.20. The Kier molecular flexibility index (Phi) is 3.41. The Morgan fingerprint density at radius 2 is 2.00 bits per heavy atom. The van der Waals surface area contributed by atoms with Gasteiger partial charge < -0.3 is 10.3 Å². The highest BCUT2D eigenvalue weighted by Gasteiger charge is 2.13. The van der Waals surface area contributed by atoms with Crippen molar-refractivity contribution in [1.29, 1.82) is 0 Å². The molecule has 0 bridgehead atoms. The zero-order valence-corrected chi connectivity index (χ0v) is 12.1. The molecule has 0 aliphatic heterocycles. The molecule has 0 spiro atoms. The summed E-state index contributed by atoms with van der Waals surface area (Å²) < 4.78 is 6.23. The quantitative estimate of drug-likeness (QED) is 0.795. The van der Waals surface area contributed by atoms with Gasteiger partial charge in [-0.05, 0) is 24.3 Å². The highest BCUT2D eigenvalue weighted by atomic mass is 79.9. The molecule has 3 rings (SSSR count). The van der Waals surface area contributed by atoms with E-state index in [1.54, 1.807) is 0 Å². The highest BCUT2D eigenvalue weighted by molar-refractivity contribution is 9.10. The van der Waals surface area contributed by atoms with Gasteiger partial charge in [0.1, 0.15) is 10.7 Å². The van der Waals surface area contributed by atoms with Crippen LogP contribution in [0.4, 0.5) is 0 Å². The lowest BCUT2D eigenvalue weighted by atomic mass is 10.2. The first-order valence-corrected chi connectivity index (χ1v) is 7.18. The fraction of sp³-hybridized carbons (Fsp3) is 0.0833. The molecule has 0 fully saturated rings. The number of aromatic nitrogens is 3. The monoisotopic (exact) mass is 336 g/mol. The lowest BCUT2D eigenvalue weighted by molar-refractivity contribution is 0.431. The second-order valence-corrected chi connectivity index (χ2v) is 5.62. The Balaban J connectivity index is 1.92. The minimum absolute atomic E-state index is 0.411. The van der Waals surface area contributed by atoms with Gasteiger partial charge in [-0.15, -0.1) is 11.3 Å². The summed E-state index contributed by atoms with van der Waals surface area (Å²) >= 11 is 4.87. The van der Waals surface area contributed by atoms with E-state index in [4.69, 9.17) is 10.3 Å². The van der Waals surface area contributed by atoms with E-state index in [0.29, 0.717) is 24.0 Å². The number of nitrogens with two attached hydrogens (primary N) is 1. The van der Waals surface area contributed by atoms with Crippen molar-refractivity contribution in [2.24, 2.45) is 5.73 Å². The van der Waals surface area contributed by atoms with E-state index in [1.165, 1.54) is 11.3 Å². The third-order valence-electron chi connectivity index (χ3n) is 2.47. The van der Waals surface area contributed by atoms with E-state index >= 15 is 0 Å². The highest BCUT2D eigenvalue weighted by Crippen LogP contribution is 2.24. The first-order chi connectivity index (χ1) is 9.26. The minimum Gasteiger partial charge on any atom is -0.332 e. The molecule has 0 unspecified atom stereocenters. The van der Waals surface area contributed by atoms with E-state index < -0.39 is 0 Å². The number of rotatable bonds is 3. The van der Waals surface area contributed by atoms with Crippen LogP contribution in [0.5, 0.6) is 0 Å². The molecular formula is C12H9BrN4OS. The number of thiazole rings is 1. The Bertz CT molecular complexity index is 692. The van der Waals surface area contributed by atoms with Gasteiger partial charge in [0.2, 0.25) is 5.82 Å². The van der Waals surface area contributed by atoms with Crippen LogP contribution in [0.2, 0.25) is 0 Å². The lowest BCUT2D eigenvalue weighted by Crippen LogP contribution is -1.94. The van der Waals surface area contributed by atoms with E-state index in [0.717, 1.165) is 15.0 Å². The van der Waals surface area contributed by atoms with Gasteiger partial charge in [-0.25, -0.2) is 4.98 Å². The first kappa shape index (κ1) is 12.5. The van der Waals surface area contributed by atoms with Crippen LogP contribution < -0.4 is 5.73 Å². The van der Waals surface area contributed by atoms with Crippen molar-refractivity contribution in [2.75, 3.05) is 0 Å². The molecule has 96 valence electrons. The van der Waals surface area contributed by atoms with Crippen molar-refractivity contribution < 1.29 is 4.52 Å². The third-order valence-corrected chi connectivity index (χ3v) is 3.87. The van der Waals surface area contributed by atoms with Crippen molar-refractivity contribution in [3.05, 3.63) is 39.1 Å². The standard InChI is InChI=1S/C12H9BrN4OS/c13-8-3-1-7(2-4-8)11-16-12(18-17-11)9-6-19-10(5-14)15-9/h1-4,6H,5,14H2. The summed E-state index contributed by atoms with van der Waals surface area (Å²) in [6.07, 6.45) is 0. The van der Waals surface area contributed by atoms with Gasteiger partial charge >= 0.3 is 0 Å². The van der Waals surface area contributed by atoms with E-state index in [-0.39, 0.29) is 0 Å². The molecule has 0 aliphatic rings. The predicted octanol–water partition coefficient (Wildman–Crippen LogP) is 3.08. The maximum absolute atomic E-state index is 5.53. The maximum atomic E-state index is 5.53. The molecule has 1 aromatic carbocycles. The Morgan fingerprint density at radius 1 is 1.21 bits per heavy atom. The van der Waals surface area contributed by atoms with Crippen molar-refractivity contribution in [2.45, 2.75) is 6.54 Å². The van der Waals surface area contributed by atoms with Crippen LogP contribution in [0.15, 0.2) is 38.6 Å². The van der Waals surface area contributed by atoms with Crippen molar-refractivity contribution in [1.82, 2.24) is 15.1 Å². The molecule has 2 heterocycles. The van der Waals surface area contributed by atoms with Crippen LogP contribution in [0.1, 0.15) is 5.01 Å². The maximum Gasteiger partial charge on any atom is 0.277 e. The van der Waals surface area contributed by atoms with Gasteiger partial charge in [-0.2, -0.15) is 4.98 Å². The largest absolute Gasteiger partial charge is 0.332 e. The van der Waals surface area contributed by atoms with Crippen LogP contribution in [-0.4, -0.2) is 15.1 Å². The normalized spacial score (nSPS) is 10.8. The van der Waals surface area contributed by atoms with Gasteiger partial charge in [0, 0.05) is 22.0 Å². The second-order valence-electron chi connectivity index (χ2n) is 3.76. The fourth-order valence-electron chi connectivity index (χ4n) is 1.55. The summed E-state index contributed by atoms with van der Waals surface area (Å²) in [5.41, 5.74) is 7.09. The number of nitrogens with zero attached hydrogens (tertiary/aromatic N) is 3. The number of benzene rings is 1. The topological polar surface area (TPSA) is 77.8 Å². The van der Waals surface area contributed by atoms with Crippen molar-refractivity contribution >= 4 is 27.3 Å². The minimum atomic E-state index is 0.411. The summed E-state index contributed by atoms with van der Waals surface area (Å²) in [7, 11) is 0. The zero-order chi connectivity index (χ0) is 13.2. The fourth-order valence-corrected chi connectivity index (χ4v) is 2.46. The van der Waals surface area contributed by atoms with Crippen molar-refractivity contribution in [3.63, 3.8) is 0 Å². The molecule has 0 radical (unpaired) electrons. The molecule has 0 saturated heterocycles. The molecule has 0 saturated carbocycles. The number of hydrogen-bond donors (Lipinski definition) is 1. The molecule has 19 heavy (non-hydrogen) atoms. The molecule has 5 nitrogen and oxygen atoms in total. The average Bonchev–Trinajstić information content (AvgIpc) is 3.08. The van der Waals surface area contributed by atoms with Gasteiger partial charge in [0.15, 0.2) is 0 Å². The van der Waals surface area contributed by atoms with Crippen LogP contribution in [0.3, 0.4) is 0 Å². The lowest BCUT2D eigenvalue weighted by Gasteiger charge is -1.93. The number of hydrogen-bond acceptors (Lipinski definition) is 6. The summed E-state index contributed by atoms with van der Waals surface area (Å²) in [6.45, 7) is 0.415.